The quantitative estimate of drug-likeness (QED) is 0.573. The van der Waals surface area contributed by atoms with Gasteiger partial charge < -0.3 is 26.0 Å². The first-order valence-electron chi connectivity index (χ1n) is 10.2. The van der Waals surface area contributed by atoms with Crippen molar-refractivity contribution in [2.45, 2.75) is 65.3 Å². The minimum atomic E-state index is -4.89. The van der Waals surface area contributed by atoms with E-state index in [1.165, 1.54) is 4.90 Å². The molecule has 1 saturated heterocycles. The first-order chi connectivity index (χ1) is 14.2. The lowest BCUT2D eigenvalue weighted by atomic mass is 9.87. The van der Waals surface area contributed by atoms with Gasteiger partial charge in [-0.1, -0.05) is 26.8 Å². The zero-order valence-corrected chi connectivity index (χ0v) is 18.3. The molecule has 10 heteroatoms. The summed E-state index contributed by atoms with van der Waals surface area (Å²) in [5, 5.41) is 12.6. The van der Waals surface area contributed by atoms with Crippen LogP contribution >= 0.6 is 0 Å². The van der Waals surface area contributed by atoms with Gasteiger partial charge in [0.1, 0.15) is 0 Å². The first-order valence-corrected chi connectivity index (χ1v) is 10.2. The van der Waals surface area contributed by atoms with Crippen LogP contribution in [0.5, 0.6) is 0 Å². The average Bonchev–Trinajstić information content (AvgIpc) is 3.10. The number of carbonyl (C=O) groups is 2. The number of benzene rings is 1. The molecule has 1 fully saturated rings. The van der Waals surface area contributed by atoms with Gasteiger partial charge in [0, 0.05) is 31.7 Å². The molecule has 1 unspecified atom stereocenters. The van der Waals surface area contributed by atoms with E-state index in [1.807, 2.05) is 27.7 Å². The van der Waals surface area contributed by atoms with Crippen LogP contribution in [-0.2, 0) is 11.3 Å². The number of halogens is 3. The third kappa shape index (κ3) is 6.18. The largest absolute Gasteiger partial charge is 0.471 e. The number of hydrogen-bond acceptors (Lipinski definition) is 4. The Morgan fingerprint density at radius 2 is 1.97 bits per heavy atom. The smallest absolute Gasteiger partial charge is 0.465 e. The molecule has 1 aromatic rings. The third-order valence-corrected chi connectivity index (χ3v) is 5.84. The second kappa shape index (κ2) is 9.23. The Hall–Kier alpha value is -2.65. The fourth-order valence-corrected chi connectivity index (χ4v) is 3.61. The molecule has 2 rings (SSSR count). The number of carbonyl (C=O) groups excluding carboxylic acids is 1. The fourth-order valence-electron chi connectivity index (χ4n) is 3.61. The predicted octanol–water partition coefficient (Wildman–Crippen LogP) is 4.15. The number of anilines is 2. The maximum atomic E-state index is 12.8. The van der Waals surface area contributed by atoms with Gasteiger partial charge >= 0.3 is 18.2 Å². The van der Waals surface area contributed by atoms with Crippen molar-refractivity contribution in [3.63, 3.8) is 0 Å². The minimum absolute atomic E-state index is 0.0795. The molecule has 1 aliphatic heterocycles. The van der Waals surface area contributed by atoms with Crippen molar-refractivity contribution in [1.82, 2.24) is 9.80 Å². The van der Waals surface area contributed by atoms with Crippen LogP contribution in [-0.4, -0.2) is 58.3 Å². The molecule has 2 amide bonds. The molecule has 1 aliphatic rings. The van der Waals surface area contributed by atoms with E-state index in [0.29, 0.717) is 29.8 Å². The standard InChI is InChI=1S/C21H31F3N4O3/c1-13(20(2,3)4)28(19(30)31)12-14-7-8-17(16(25)10-14)26-11-15-6-5-9-27(15)18(29)21(22,23)24/h7-8,10,13,15,26H,5-6,9,11-12,25H2,1-4H3,(H,30,31)/t13-,15?/m0/s1. The molecule has 0 aromatic heterocycles. The molecule has 0 radical (unpaired) electrons. The maximum Gasteiger partial charge on any atom is 0.471 e. The number of nitrogens with one attached hydrogen (secondary N) is 1. The van der Waals surface area contributed by atoms with Gasteiger partial charge in [-0.3, -0.25) is 4.79 Å². The van der Waals surface area contributed by atoms with Gasteiger partial charge in [-0.25, -0.2) is 4.79 Å². The Morgan fingerprint density at radius 1 is 1.32 bits per heavy atom. The molecule has 2 atom stereocenters. The summed E-state index contributed by atoms with van der Waals surface area (Å²) in [6, 6.07) is 4.27. The highest BCUT2D eigenvalue weighted by atomic mass is 19.4. The van der Waals surface area contributed by atoms with Gasteiger partial charge in [0.25, 0.3) is 0 Å². The van der Waals surface area contributed by atoms with E-state index in [9.17, 15) is 27.9 Å². The summed E-state index contributed by atoms with van der Waals surface area (Å²) in [5.74, 6) is -1.82. The summed E-state index contributed by atoms with van der Waals surface area (Å²) in [4.78, 5) is 25.5. The molecular weight excluding hydrogens is 413 g/mol. The lowest BCUT2D eigenvalue weighted by Crippen LogP contribution is -2.46. The fraction of sp³-hybridized carbons (Fsp3) is 0.619. The van der Waals surface area contributed by atoms with E-state index in [0.717, 1.165) is 4.90 Å². The Bertz CT molecular complexity index is 808. The number of rotatable bonds is 6. The average molecular weight is 444 g/mol. The second-order valence-corrected chi connectivity index (χ2v) is 9.05. The molecule has 0 spiro atoms. The zero-order chi connectivity index (χ0) is 23.6. The van der Waals surface area contributed by atoms with Gasteiger partial charge in [-0.15, -0.1) is 0 Å². The molecule has 0 aliphatic carbocycles. The summed E-state index contributed by atoms with van der Waals surface area (Å²) < 4.78 is 38.3. The molecule has 1 heterocycles. The van der Waals surface area contributed by atoms with Crippen molar-refractivity contribution in [3.8, 4) is 0 Å². The van der Waals surface area contributed by atoms with Crippen LogP contribution in [0.2, 0.25) is 0 Å². The van der Waals surface area contributed by atoms with Crippen molar-refractivity contribution in [2.24, 2.45) is 5.41 Å². The number of nitrogen functional groups attached to an aromatic ring is 1. The van der Waals surface area contributed by atoms with Crippen LogP contribution in [0, 0.1) is 5.41 Å². The number of alkyl halides is 3. The van der Waals surface area contributed by atoms with Crippen molar-refractivity contribution in [3.05, 3.63) is 23.8 Å². The van der Waals surface area contributed by atoms with E-state index in [1.54, 1.807) is 18.2 Å². The number of nitrogens with two attached hydrogens (primary N) is 1. The summed E-state index contributed by atoms with van der Waals surface area (Å²) >= 11 is 0. The highest BCUT2D eigenvalue weighted by molar-refractivity contribution is 5.82. The number of likely N-dealkylation sites (tertiary alicyclic amines) is 1. The van der Waals surface area contributed by atoms with Gasteiger partial charge in [-0.05, 0) is 42.9 Å². The Labute approximate surface area is 180 Å². The van der Waals surface area contributed by atoms with Crippen LogP contribution in [0.1, 0.15) is 46.1 Å². The number of carboxylic acid groups (broad SMARTS) is 1. The summed E-state index contributed by atoms with van der Waals surface area (Å²) in [6.07, 6.45) is -4.92. The van der Waals surface area contributed by atoms with E-state index >= 15 is 0 Å². The molecule has 7 nitrogen and oxygen atoms in total. The van der Waals surface area contributed by atoms with E-state index in [2.05, 4.69) is 5.32 Å². The van der Waals surface area contributed by atoms with Crippen LogP contribution in [0.3, 0.4) is 0 Å². The van der Waals surface area contributed by atoms with E-state index in [4.69, 9.17) is 5.73 Å². The van der Waals surface area contributed by atoms with Crippen LogP contribution in [0.25, 0.3) is 0 Å². The lowest BCUT2D eigenvalue weighted by Gasteiger charge is -2.36. The first kappa shape index (κ1) is 24.6. The summed E-state index contributed by atoms with van der Waals surface area (Å²) in [7, 11) is 0. The van der Waals surface area contributed by atoms with Crippen molar-refractivity contribution < 1.29 is 27.9 Å². The lowest BCUT2D eigenvalue weighted by molar-refractivity contribution is -0.186. The molecular formula is C21H31F3N4O3. The zero-order valence-electron chi connectivity index (χ0n) is 18.3. The predicted molar refractivity (Wildman–Crippen MR) is 113 cm³/mol. The van der Waals surface area contributed by atoms with Crippen LogP contribution in [0.4, 0.5) is 29.3 Å². The second-order valence-electron chi connectivity index (χ2n) is 9.05. The molecule has 0 saturated carbocycles. The summed E-state index contributed by atoms with van der Waals surface area (Å²) in [5.41, 5.74) is 7.44. The third-order valence-electron chi connectivity index (χ3n) is 5.84. The Kier molecular flexibility index (Phi) is 7.33. The number of amides is 2. The van der Waals surface area contributed by atoms with E-state index < -0.39 is 24.2 Å². The highest BCUT2D eigenvalue weighted by Gasteiger charge is 2.45. The van der Waals surface area contributed by atoms with Crippen LogP contribution in [0.15, 0.2) is 18.2 Å². The Morgan fingerprint density at radius 3 is 2.48 bits per heavy atom. The van der Waals surface area contributed by atoms with E-state index in [-0.39, 0.29) is 31.1 Å². The SMILES string of the molecule is C[C@H](N(Cc1ccc(NCC2CCCN2C(=O)C(F)(F)F)c(N)c1)C(=O)O)C(C)(C)C. The van der Waals surface area contributed by atoms with Gasteiger partial charge in [0.2, 0.25) is 0 Å². The van der Waals surface area contributed by atoms with Crippen molar-refractivity contribution >= 4 is 23.4 Å². The number of hydrogen-bond donors (Lipinski definition) is 3. The number of nitrogens with zero attached hydrogens (tertiary/aromatic N) is 2. The van der Waals surface area contributed by atoms with Gasteiger partial charge in [-0.2, -0.15) is 13.2 Å². The molecule has 31 heavy (non-hydrogen) atoms. The molecule has 1 aromatic carbocycles. The van der Waals surface area contributed by atoms with Crippen molar-refractivity contribution in [2.75, 3.05) is 24.1 Å². The monoisotopic (exact) mass is 444 g/mol. The van der Waals surface area contributed by atoms with Crippen LogP contribution < -0.4 is 11.1 Å². The molecule has 0 bridgehead atoms. The molecule has 4 N–H and O–H groups in total. The summed E-state index contributed by atoms with van der Waals surface area (Å²) in [6.45, 7) is 8.13. The highest BCUT2D eigenvalue weighted by Crippen LogP contribution is 2.29. The minimum Gasteiger partial charge on any atom is -0.465 e. The Balaban J connectivity index is 2.06. The topological polar surface area (TPSA) is 98.9 Å². The normalized spacial score (nSPS) is 18.0. The van der Waals surface area contributed by atoms with Crippen molar-refractivity contribution in [1.29, 1.82) is 0 Å². The molecule has 174 valence electrons. The van der Waals surface area contributed by atoms with Gasteiger partial charge in [0.05, 0.1) is 11.4 Å². The van der Waals surface area contributed by atoms with Gasteiger partial charge in [0.15, 0.2) is 0 Å². The maximum absolute atomic E-state index is 12.8.